The number of hydrogen-bond donors (Lipinski definition) is 2. The molecule has 0 spiro atoms. The van der Waals surface area contributed by atoms with Crippen LogP contribution in [0.15, 0.2) is 0 Å². The van der Waals surface area contributed by atoms with Crippen LogP contribution in [0.3, 0.4) is 0 Å². The molecule has 78 valence electrons. The van der Waals surface area contributed by atoms with Gasteiger partial charge >= 0.3 is 0 Å². The van der Waals surface area contributed by atoms with Crippen LogP contribution in [0.25, 0.3) is 0 Å². The Morgan fingerprint density at radius 1 is 1.31 bits per heavy atom. The van der Waals surface area contributed by atoms with Gasteiger partial charge in [-0.15, -0.1) is 0 Å². The van der Waals surface area contributed by atoms with E-state index >= 15 is 0 Å². The monoisotopic (exact) mass is 184 g/mol. The van der Waals surface area contributed by atoms with Crippen molar-refractivity contribution < 1.29 is 0 Å². The third-order valence-electron chi connectivity index (χ3n) is 2.72. The average molecular weight is 184 g/mol. The van der Waals surface area contributed by atoms with Crippen molar-refractivity contribution in [2.75, 3.05) is 13.1 Å². The maximum absolute atomic E-state index is 3.61. The van der Waals surface area contributed by atoms with Gasteiger partial charge in [0.25, 0.3) is 0 Å². The van der Waals surface area contributed by atoms with E-state index in [4.69, 9.17) is 0 Å². The van der Waals surface area contributed by atoms with E-state index in [9.17, 15) is 0 Å². The summed E-state index contributed by atoms with van der Waals surface area (Å²) in [6.07, 6.45) is 4.01. The quantitative estimate of drug-likeness (QED) is 0.685. The van der Waals surface area contributed by atoms with E-state index in [-0.39, 0.29) is 5.54 Å². The van der Waals surface area contributed by atoms with Gasteiger partial charge in [-0.1, -0.05) is 6.42 Å². The Balaban J connectivity index is 2.33. The van der Waals surface area contributed by atoms with Crippen molar-refractivity contribution in [1.82, 2.24) is 10.6 Å². The van der Waals surface area contributed by atoms with Gasteiger partial charge in [0, 0.05) is 17.6 Å². The summed E-state index contributed by atoms with van der Waals surface area (Å²) in [5, 5.41) is 7.18. The molecule has 1 heterocycles. The molecule has 1 fully saturated rings. The Morgan fingerprint density at radius 3 is 2.46 bits per heavy atom. The van der Waals surface area contributed by atoms with Crippen LogP contribution in [0.2, 0.25) is 0 Å². The first kappa shape index (κ1) is 11.0. The molecular weight excluding hydrogens is 160 g/mol. The molecule has 1 aliphatic heterocycles. The Morgan fingerprint density at radius 2 is 2.00 bits per heavy atom. The zero-order chi connectivity index (χ0) is 9.95. The summed E-state index contributed by atoms with van der Waals surface area (Å²) in [5.74, 6) is 0. The highest BCUT2D eigenvalue weighted by atomic mass is 15.1. The van der Waals surface area contributed by atoms with Crippen molar-refractivity contribution in [3.63, 3.8) is 0 Å². The molecular formula is C11H24N2. The highest BCUT2D eigenvalue weighted by Gasteiger charge is 2.27. The third-order valence-corrected chi connectivity index (χ3v) is 2.72. The molecule has 1 aliphatic rings. The van der Waals surface area contributed by atoms with Crippen LogP contribution in [0.4, 0.5) is 0 Å². The molecule has 13 heavy (non-hydrogen) atoms. The minimum absolute atomic E-state index is 0.238. The van der Waals surface area contributed by atoms with E-state index in [2.05, 4.69) is 38.3 Å². The van der Waals surface area contributed by atoms with Crippen LogP contribution in [0.1, 0.15) is 47.0 Å². The summed E-state index contributed by atoms with van der Waals surface area (Å²) in [4.78, 5) is 0. The van der Waals surface area contributed by atoms with E-state index in [0.29, 0.717) is 5.54 Å². The minimum atomic E-state index is 0.238. The fourth-order valence-corrected chi connectivity index (χ4v) is 1.73. The summed E-state index contributed by atoms with van der Waals surface area (Å²) < 4.78 is 0. The standard InChI is InChI=1S/C11H24N2/c1-10(2,3)13-9-11(4)7-5-6-8-12-11/h12-13H,5-9H2,1-4H3. The van der Waals surface area contributed by atoms with Crippen molar-refractivity contribution >= 4 is 0 Å². The molecule has 0 radical (unpaired) electrons. The third kappa shape index (κ3) is 4.10. The Labute approximate surface area is 82.5 Å². The Kier molecular flexibility index (Phi) is 3.36. The first-order valence-electron chi connectivity index (χ1n) is 5.41. The summed E-state index contributed by atoms with van der Waals surface area (Å²) in [7, 11) is 0. The molecule has 0 saturated carbocycles. The summed E-state index contributed by atoms with van der Waals surface area (Å²) in [5.41, 5.74) is 0.563. The van der Waals surface area contributed by atoms with Crippen LogP contribution in [-0.2, 0) is 0 Å². The summed E-state index contributed by atoms with van der Waals surface area (Å²) >= 11 is 0. The van der Waals surface area contributed by atoms with Gasteiger partial charge in [0.2, 0.25) is 0 Å². The van der Waals surface area contributed by atoms with Crippen LogP contribution < -0.4 is 10.6 Å². The molecule has 2 N–H and O–H groups in total. The maximum Gasteiger partial charge on any atom is 0.0278 e. The van der Waals surface area contributed by atoms with Gasteiger partial charge in [-0.05, 0) is 47.1 Å². The molecule has 0 aromatic heterocycles. The predicted molar refractivity (Wildman–Crippen MR) is 58.0 cm³/mol. The lowest BCUT2D eigenvalue weighted by Crippen LogP contribution is -2.55. The Bertz CT molecular complexity index is 152. The van der Waals surface area contributed by atoms with E-state index in [1.165, 1.54) is 25.8 Å². The van der Waals surface area contributed by atoms with E-state index < -0.39 is 0 Å². The molecule has 1 rings (SSSR count). The molecule has 1 saturated heterocycles. The van der Waals surface area contributed by atoms with Crippen molar-refractivity contribution in [2.24, 2.45) is 0 Å². The Hall–Kier alpha value is -0.0800. The van der Waals surface area contributed by atoms with Gasteiger partial charge in [0.15, 0.2) is 0 Å². The SMILES string of the molecule is CC(C)(C)NCC1(C)CCCCN1. The largest absolute Gasteiger partial charge is 0.310 e. The van der Waals surface area contributed by atoms with Crippen LogP contribution in [0, 0.1) is 0 Å². The van der Waals surface area contributed by atoms with Gasteiger partial charge < -0.3 is 10.6 Å². The molecule has 0 aromatic rings. The topological polar surface area (TPSA) is 24.1 Å². The number of piperidine rings is 1. The zero-order valence-electron chi connectivity index (χ0n) is 9.54. The molecule has 1 atom stereocenters. The molecule has 0 aromatic carbocycles. The van der Waals surface area contributed by atoms with Crippen LogP contribution in [0.5, 0.6) is 0 Å². The highest BCUT2D eigenvalue weighted by Crippen LogP contribution is 2.18. The zero-order valence-corrected chi connectivity index (χ0v) is 9.54. The highest BCUT2D eigenvalue weighted by molar-refractivity contribution is 4.90. The first-order chi connectivity index (χ1) is 5.91. The predicted octanol–water partition coefficient (Wildman–Crippen LogP) is 1.91. The van der Waals surface area contributed by atoms with Gasteiger partial charge in [-0.3, -0.25) is 0 Å². The lowest BCUT2D eigenvalue weighted by molar-refractivity contribution is 0.244. The molecule has 1 unspecified atom stereocenters. The van der Waals surface area contributed by atoms with Crippen molar-refractivity contribution in [3.8, 4) is 0 Å². The lowest BCUT2D eigenvalue weighted by Gasteiger charge is -2.37. The second-order valence-corrected chi connectivity index (χ2v) is 5.55. The smallest absolute Gasteiger partial charge is 0.0278 e. The van der Waals surface area contributed by atoms with Crippen LogP contribution in [-0.4, -0.2) is 24.2 Å². The number of nitrogens with one attached hydrogen (secondary N) is 2. The minimum Gasteiger partial charge on any atom is -0.310 e. The second-order valence-electron chi connectivity index (χ2n) is 5.55. The van der Waals surface area contributed by atoms with Crippen molar-refractivity contribution in [1.29, 1.82) is 0 Å². The number of hydrogen-bond acceptors (Lipinski definition) is 2. The normalized spacial score (nSPS) is 30.5. The fraction of sp³-hybridized carbons (Fsp3) is 1.00. The van der Waals surface area contributed by atoms with E-state index in [1.807, 2.05) is 0 Å². The molecule has 0 aliphatic carbocycles. The summed E-state index contributed by atoms with van der Waals surface area (Å²) in [6.45, 7) is 11.3. The molecule has 0 amide bonds. The fourth-order valence-electron chi connectivity index (χ4n) is 1.73. The molecule has 2 nitrogen and oxygen atoms in total. The molecule has 0 bridgehead atoms. The van der Waals surface area contributed by atoms with Gasteiger partial charge in [0.1, 0.15) is 0 Å². The average Bonchev–Trinajstić information content (AvgIpc) is 2.02. The van der Waals surface area contributed by atoms with Crippen molar-refractivity contribution in [2.45, 2.75) is 58.0 Å². The van der Waals surface area contributed by atoms with E-state index in [0.717, 1.165) is 6.54 Å². The first-order valence-corrected chi connectivity index (χ1v) is 5.41. The second kappa shape index (κ2) is 3.97. The van der Waals surface area contributed by atoms with E-state index in [1.54, 1.807) is 0 Å². The summed E-state index contributed by atoms with van der Waals surface area (Å²) in [6, 6.07) is 0. The van der Waals surface area contributed by atoms with Gasteiger partial charge in [0.05, 0.1) is 0 Å². The lowest BCUT2D eigenvalue weighted by atomic mass is 9.90. The van der Waals surface area contributed by atoms with Crippen LogP contribution >= 0.6 is 0 Å². The number of rotatable bonds is 2. The van der Waals surface area contributed by atoms with Crippen molar-refractivity contribution in [3.05, 3.63) is 0 Å². The molecule has 2 heteroatoms. The van der Waals surface area contributed by atoms with Gasteiger partial charge in [-0.25, -0.2) is 0 Å². The van der Waals surface area contributed by atoms with Gasteiger partial charge in [-0.2, -0.15) is 0 Å². The maximum atomic E-state index is 3.61.